The third kappa shape index (κ3) is 5.83. The topological polar surface area (TPSA) is 71.1 Å². The van der Waals surface area contributed by atoms with Gasteiger partial charge >= 0.3 is 0 Å². The Morgan fingerprint density at radius 3 is 2.49 bits per heavy atom. The van der Waals surface area contributed by atoms with Crippen LogP contribution in [0.3, 0.4) is 0 Å². The van der Waals surface area contributed by atoms with Gasteiger partial charge in [-0.05, 0) is 61.6 Å². The predicted molar refractivity (Wildman–Crippen MR) is 137 cm³/mol. The fourth-order valence-corrected chi connectivity index (χ4v) is 5.17. The number of anilines is 2. The lowest BCUT2D eigenvalue weighted by atomic mass is 9.95. The third-order valence-electron chi connectivity index (χ3n) is 6.39. The molecular weight excluding hydrogens is 462 g/mol. The predicted octanol–water partition coefficient (Wildman–Crippen LogP) is 4.40. The fraction of sp³-hybridized carbons (Fsp3) is 0.333. The van der Waals surface area contributed by atoms with Crippen LogP contribution >= 0.6 is 11.3 Å². The van der Waals surface area contributed by atoms with Gasteiger partial charge < -0.3 is 19.7 Å². The van der Waals surface area contributed by atoms with E-state index in [4.69, 9.17) is 9.47 Å². The van der Waals surface area contributed by atoms with Gasteiger partial charge in [0.1, 0.15) is 13.2 Å². The fourth-order valence-electron chi connectivity index (χ4n) is 4.48. The van der Waals surface area contributed by atoms with Crippen molar-refractivity contribution >= 4 is 34.5 Å². The minimum absolute atomic E-state index is 0.0299. The summed E-state index contributed by atoms with van der Waals surface area (Å²) >= 11 is 1.63. The molecule has 0 radical (unpaired) electrons. The van der Waals surface area contributed by atoms with Crippen molar-refractivity contribution in [1.29, 1.82) is 0 Å². The smallest absolute Gasteiger partial charge is 0.241 e. The van der Waals surface area contributed by atoms with Crippen LogP contribution in [0.15, 0.2) is 66.0 Å². The van der Waals surface area contributed by atoms with Gasteiger partial charge in [0.2, 0.25) is 11.8 Å². The molecule has 7 nitrogen and oxygen atoms in total. The van der Waals surface area contributed by atoms with Crippen LogP contribution in [0.5, 0.6) is 11.5 Å². The molecule has 3 heterocycles. The number of nitrogens with one attached hydrogen (secondary N) is 1. The SMILES string of the molecule is O=C(Nc1ccccc1)C1CCN(CC(=O)N(Cc2cccs2)c2ccc3c(c2)OCCO3)CC1. The van der Waals surface area contributed by atoms with Gasteiger partial charge in [-0.3, -0.25) is 14.5 Å². The van der Waals surface area contributed by atoms with Crippen molar-refractivity contribution in [3.63, 3.8) is 0 Å². The zero-order chi connectivity index (χ0) is 24.0. The number of piperidine rings is 1. The van der Waals surface area contributed by atoms with Crippen LogP contribution in [-0.2, 0) is 16.1 Å². The molecule has 0 unspecified atom stereocenters. The Hall–Kier alpha value is -3.36. The summed E-state index contributed by atoms with van der Waals surface area (Å²) in [6.07, 6.45) is 1.47. The first-order chi connectivity index (χ1) is 17.2. The number of para-hydroxylation sites is 1. The Bertz CT molecular complexity index is 1140. The summed E-state index contributed by atoms with van der Waals surface area (Å²) in [5.74, 6) is 1.42. The second kappa shape index (κ2) is 10.9. The van der Waals surface area contributed by atoms with Crippen LogP contribution in [0, 0.1) is 5.92 Å². The maximum Gasteiger partial charge on any atom is 0.241 e. The molecule has 8 heteroatoms. The molecular formula is C27H29N3O4S. The summed E-state index contributed by atoms with van der Waals surface area (Å²) in [4.78, 5) is 31.2. The lowest BCUT2D eigenvalue weighted by Crippen LogP contribution is -2.44. The summed E-state index contributed by atoms with van der Waals surface area (Å²) in [7, 11) is 0. The average Bonchev–Trinajstić information content (AvgIpc) is 3.41. The number of ether oxygens (including phenoxy) is 2. The summed E-state index contributed by atoms with van der Waals surface area (Å²) in [5.41, 5.74) is 1.61. The van der Waals surface area contributed by atoms with Crippen LogP contribution in [0.4, 0.5) is 11.4 Å². The maximum absolute atomic E-state index is 13.5. The van der Waals surface area contributed by atoms with E-state index in [-0.39, 0.29) is 17.7 Å². The molecule has 182 valence electrons. The second-order valence-corrected chi connectivity index (χ2v) is 9.83. The average molecular weight is 492 g/mol. The molecule has 2 aliphatic heterocycles. The molecule has 2 aliphatic rings. The lowest BCUT2D eigenvalue weighted by molar-refractivity contribution is -0.122. The molecule has 2 aromatic carbocycles. The number of carbonyl (C=O) groups is 2. The zero-order valence-electron chi connectivity index (χ0n) is 19.5. The van der Waals surface area contributed by atoms with Gasteiger partial charge in [-0.1, -0.05) is 24.3 Å². The number of nitrogens with zero attached hydrogens (tertiary/aromatic N) is 2. The molecule has 5 rings (SSSR count). The quantitative estimate of drug-likeness (QED) is 0.530. The monoisotopic (exact) mass is 491 g/mol. The molecule has 1 saturated heterocycles. The Morgan fingerprint density at radius 2 is 1.74 bits per heavy atom. The normalized spacial score (nSPS) is 16.0. The van der Waals surface area contributed by atoms with Gasteiger partial charge in [0, 0.05) is 28.2 Å². The number of hydrogen-bond acceptors (Lipinski definition) is 6. The van der Waals surface area contributed by atoms with E-state index in [1.165, 1.54) is 0 Å². The minimum atomic E-state index is -0.0402. The minimum Gasteiger partial charge on any atom is -0.486 e. The highest BCUT2D eigenvalue weighted by Crippen LogP contribution is 2.35. The zero-order valence-corrected chi connectivity index (χ0v) is 20.3. The first-order valence-electron chi connectivity index (χ1n) is 12.0. The van der Waals surface area contributed by atoms with E-state index < -0.39 is 0 Å². The van der Waals surface area contributed by atoms with Crippen molar-refractivity contribution in [3.8, 4) is 11.5 Å². The summed E-state index contributed by atoms with van der Waals surface area (Å²) in [6, 6.07) is 19.3. The van der Waals surface area contributed by atoms with Crippen molar-refractivity contribution < 1.29 is 19.1 Å². The van der Waals surface area contributed by atoms with E-state index in [2.05, 4.69) is 10.2 Å². The summed E-state index contributed by atoms with van der Waals surface area (Å²) in [5, 5.41) is 5.02. The number of fused-ring (bicyclic) bond motifs is 1. The van der Waals surface area contributed by atoms with Crippen LogP contribution in [0.2, 0.25) is 0 Å². The first-order valence-corrected chi connectivity index (χ1v) is 12.8. The number of likely N-dealkylation sites (tertiary alicyclic amines) is 1. The van der Waals surface area contributed by atoms with Gasteiger partial charge in [0.25, 0.3) is 0 Å². The maximum atomic E-state index is 13.5. The Kier molecular flexibility index (Phi) is 7.30. The van der Waals surface area contributed by atoms with Crippen molar-refractivity contribution in [2.75, 3.05) is 43.1 Å². The second-order valence-electron chi connectivity index (χ2n) is 8.79. The van der Waals surface area contributed by atoms with Crippen LogP contribution in [0.25, 0.3) is 0 Å². The Morgan fingerprint density at radius 1 is 0.971 bits per heavy atom. The highest BCUT2D eigenvalue weighted by Gasteiger charge is 2.28. The highest BCUT2D eigenvalue weighted by molar-refractivity contribution is 7.09. The molecule has 0 bridgehead atoms. The van der Waals surface area contributed by atoms with Crippen molar-refractivity contribution in [1.82, 2.24) is 4.90 Å². The molecule has 3 aromatic rings. The Labute approximate surface area is 209 Å². The molecule has 0 atom stereocenters. The van der Waals surface area contributed by atoms with Crippen LogP contribution < -0.4 is 19.7 Å². The van der Waals surface area contributed by atoms with Crippen molar-refractivity contribution in [2.45, 2.75) is 19.4 Å². The molecule has 35 heavy (non-hydrogen) atoms. The number of rotatable bonds is 7. The summed E-state index contributed by atoms with van der Waals surface area (Å²) in [6.45, 7) is 3.28. The van der Waals surface area contributed by atoms with E-state index >= 15 is 0 Å². The molecule has 1 fully saturated rings. The Balaban J connectivity index is 1.22. The van der Waals surface area contributed by atoms with E-state index in [9.17, 15) is 9.59 Å². The summed E-state index contributed by atoms with van der Waals surface area (Å²) < 4.78 is 11.4. The van der Waals surface area contributed by atoms with Gasteiger partial charge in [0.15, 0.2) is 11.5 Å². The van der Waals surface area contributed by atoms with Crippen LogP contribution in [-0.4, -0.2) is 49.6 Å². The van der Waals surface area contributed by atoms with Gasteiger partial charge in [0.05, 0.1) is 13.1 Å². The molecule has 0 spiro atoms. The van der Waals surface area contributed by atoms with Crippen LogP contribution in [0.1, 0.15) is 17.7 Å². The molecule has 1 N–H and O–H groups in total. The third-order valence-corrected chi connectivity index (χ3v) is 7.25. The standard InChI is InChI=1S/C27H29N3O4S/c31-26(19-29-12-10-20(11-13-29)27(32)28-21-5-2-1-3-6-21)30(18-23-7-4-16-35-23)22-8-9-24-25(17-22)34-15-14-33-24/h1-9,16-17,20H,10-15,18-19H2,(H,28,32). The first kappa shape index (κ1) is 23.4. The molecule has 1 aromatic heterocycles. The van der Waals surface area contributed by atoms with Crippen molar-refractivity contribution in [2.24, 2.45) is 5.92 Å². The highest BCUT2D eigenvalue weighted by atomic mass is 32.1. The lowest BCUT2D eigenvalue weighted by Gasteiger charge is -2.33. The number of amides is 2. The number of thiophene rings is 1. The molecule has 2 amide bonds. The van der Waals surface area contributed by atoms with Gasteiger partial charge in [-0.15, -0.1) is 11.3 Å². The van der Waals surface area contributed by atoms with E-state index in [0.717, 1.165) is 29.1 Å². The molecule has 0 aliphatic carbocycles. The largest absolute Gasteiger partial charge is 0.486 e. The van der Waals surface area contributed by atoms with E-state index in [0.29, 0.717) is 50.9 Å². The van der Waals surface area contributed by atoms with E-state index in [1.807, 2.05) is 70.9 Å². The van der Waals surface area contributed by atoms with Gasteiger partial charge in [-0.25, -0.2) is 0 Å². The molecule has 0 saturated carbocycles. The number of benzene rings is 2. The van der Waals surface area contributed by atoms with Crippen molar-refractivity contribution in [3.05, 3.63) is 70.9 Å². The van der Waals surface area contributed by atoms with Gasteiger partial charge in [-0.2, -0.15) is 0 Å². The number of hydrogen-bond donors (Lipinski definition) is 1. The van der Waals surface area contributed by atoms with E-state index in [1.54, 1.807) is 11.3 Å². The number of carbonyl (C=O) groups excluding carboxylic acids is 2.